The SMILES string of the molecule is COc1ccccc1CC(=O)OCC(=O)Nc1ccc(C(C)C)cc1. The third-order valence-corrected chi connectivity index (χ3v) is 3.75. The Morgan fingerprint density at radius 1 is 1.04 bits per heavy atom. The van der Waals surface area contributed by atoms with Gasteiger partial charge in [0.05, 0.1) is 13.5 Å². The first kappa shape index (κ1) is 18.5. The molecule has 5 nitrogen and oxygen atoms in total. The molecule has 25 heavy (non-hydrogen) atoms. The fraction of sp³-hybridized carbons (Fsp3) is 0.300. The number of rotatable bonds is 7. The number of ether oxygens (including phenoxy) is 2. The van der Waals surface area contributed by atoms with Gasteiger partial charge in [-0.25, -0.2) is 0 Å². The Balaban J connectivity index is 1.82. The molecule has 0 aliphatic heterocycles. The van der Waals surface area contributed by atoms with Gasteiger partial charge in [-0.2, -0.15) is 0 Å². The van der Waals surface area contributed by atoms with Gasteiger partial charge in [-0.1, -0.05) is 44.2 Å². The van der Waals surface area contributed by atoms with Gasteiger partial charge in [0.2, 0.25) is 0 Å². The van der Waals surface area contributed by atoms with Crippen molar-refractivity contribution < 1.29 is 19.1 Å². The number of hydrogen-bond acceptors (Lipinski definition) is 4. The lowest BCUT2D eigenvalue weighted by molar-refractivity contribution is -0.146. The molecule has 0 bridgehead atoms. The zero-order valence-electron chi connectivity index (χ0n) is 14.7. The molecule has 132 valence electrons. The fourth-order valence-corrected chi connectivity index (χ4v) is 2.35. The largest absolute Gasteiger partial charge is 0.496 e. The summed E-state index contributed by atoms with van der Waals surface area (Å²) in [5.74, 6) is 0.204. The topological polar surface area (TPSA) is 64.6 Å². The second-order valence-electron chi connectivity index (χ2n) is 5.97. The molecular weight excluding hydrogens is 318 g/mol. The molecule has 0 aromatic heterocycles. The van der Waals surface area contributed by atoms with Crippen LogP contribution in [-0.2, 0) is 20.7 Å². The van der Waals surface area contributed by atoms with E-state index in [1.54, 1.807) is 19.2 Å². The number of esters is 1. The standard InChI is InChI=1S/C20H23NO4/c1-14(2)15-8-10-17(11-9-15)21-19(22)13-25-20(23)12-16-6-4-5-7-18(16)24-3/h4-11,14H,12-13H2,1-3H3,(H,21,22). The number of methoxy groups -OCH3 is 1. The summed E-state index contributed by atoms with van der Waals surface area (Å²) in [7, 11) is 1.54. The van der Waals surface area contributed by atoms with Gasteiger partial charge in [0.25, 0.3) is 5.91 Å². The third kappa shape index (κ3) is 5.64. The Labute approximate surface area is 148 Å². The van der Waals surface area contributed by atoms with Crippen LogP contribution in [0.25, 0.3) is 0 Å². The molecule has 1 amide bonds. The Morgan fingerprint density at radius 3 is 2.36 bits per heavy atom. The van der Waals surface area contributed by atoms with E-state index in [0.29, 0.717) is 17.4 Å². The molecule has 0 spiro atoms. The lowest BCUT2D eigenvalue weighted by atomic mass is 10.0. The molecule has 0 atom stereocenters. The highest BCUT2D eigenvalue weighted by atomic mass is 16.5. The summed E-state index contributed by atoms with van der Waals surface area (Å²) in [4.78, 5) is 23.8. The van der Waals surface area contributed by atoms with Crippen molar-refractivity contribution in [3.8, 4) is 5.75 Å². The van der Waals surface area contributed by atoms with E-state index >= 15 is 0 Å². The van der Waals surface area contributed by atoms with Gasteiger partial charge in [-0.3, -0.25) is 9.59 Å². The predicted molar refractivity (Wildman–Crippen MR) is 96.8 cm³/mol. The number of nitrogens with one attached hydrogen (secondary N) is 1. The van der Waals surface area contributed by atoms with Crippen LogP contribution in [0.4, 0.5) is 5.69 Å². The van der Waals surface area contributed by atoms with E-state index in [9.17, 15) is 9.59 Å². The van der Waals surface area contributed by atoms with E-state index in [1.807, 2.05) is 36.4 Å². The summed E-state index contributed by atoms with van der Waals surface area (Å²) in [6.45, 7) is 3.89. The molecular formula is C20H23NO4. The van der Waals surface area contributed by atoms with E-state index < -0.39 is 5.97 Å². The average molecular weight is 341 g/mol. The minimum atomic E-state index is -0.477. The van der Waals surface area contributed by atoms with Crippen LogP contribution in [0.2, 0.25) is 0 Å². The van der Waals surface area contributed by atoms with E-state index in [1.165, 1.54) is 5.56 Å². The predicted octanol–water partition coefficient (Wildman–Crippen LogP) is 3.54. The maximum absolute atomic E-state index is 11.9. The van der Waals surface area contributed by atoms with Crippen LogP contribution in [0.15, 0.2) is 48.5 Å². The summed E-state index contributed by atoms with van der Waals surface area (Å²) < 4.78 is 10.2. The van der Waals surface area contributed by atoms with Crippen LogP contribution in [-0.4, -0.2) is 25.6 Å². The Hall–Kier alpha value is -2.82. The molecule has 0 fully saturated rings. The van der Waals surface area contributed by atoms with Crippen molar-refractivity contribution in [1.29, 1.82) is 0 Å². The van der Waals surface area contributed by atoms with Crippen LogP contribution in [0, 0.1) is 0 Å². The van der Waals surface area contributed by atoms with Gasteiger partial charge < -0.3 is 14.8 Å². The highest BCUT2D eigenvalue weighted by molar-refractivity contribution is 5.92. The maximum atomic E-state index is 11.9. The quantitative estimate of drug-likeness (QED) is 0.782. The van der Waals surface area contributed by atoms with Gasteiger partial charge >= 0.3 is 5.97 Å². The monoisotopic (exact) mass is 341 g/mol. The molecule has 0 radical (unpaired) electrons. The number of anilines is 1. The van der Waals surface area contributed by atoms with Gasteiger partial charge in [0.1, 0.15) is 5.75 Å². The lowest BCUT2D eigenvalue weighted by Crippen LogP contribution is -2.21. The number of para-hydroxylation sites is 1. The summed E-state index contributed by atoms with van der Waals surface area (Å²) >= 11 is 0. The minimum Gasteiger partial charge on any atom is -0.496 e. The first-order chi connectivity index (χ1) is 12.0. The zero-order valence-corrected chi connectivity index (χ0v) is 14.7. The van der Waals surface area contributed by atoms with Crippen molar-refractivity contribution in [2.45, 2.75) is 26.2 Å². The Bertz CT molecular complexity index is 723. The Morgan fingerprint density at radius 2 is 1.72 bits per heavy atom. The van der Waals surface area contributed by atoms with Gasteiger partial charge in [-0.05, 0) is 29.7 Å². The van der Waals surface area contributed by atoms with Crippen LogP contribution >= 0.6 is 0 Å². The minimum absolute atomic E-state index is 0.0559. The van der Waals surface area contributed by atoms with E-state index in [4.69, 9.17) is 9.47 Å². The van der Waals surface area contributed by atoms with Crippen LogP contribution in [0.3, 0.4) is 0 Å². The van der Waals surface area contributed by atoms with Gasteiger partial charge in [0.15, 0.2) is 6.61 Å². The first-order valence-corrected chi connectivity index (χ1v) is 8.17. The smallest absolute Gasteiger partial charge is 0.310 e. The normalized spacial score (nSPS) is 10.4. The molecule has 0 unspecified atom stereocenters. The van der Waals surface area contributed by atoms with Crippen molar-refractivity contribution >= 4 is 17.6 Å². The molecule has 0 saturated carbocycles. The molecule has 1 N–H and O–H groups in total. The molecule has 5 heteroatoms. The molecule has 0 heterocycles. The zero-order chi connectivity index (χ0) is 18.2. The number of carbonyl (C=O) groups excluding carboxylic acids is 2. The van der Waals surface area contributed by atoms with Crippen molar-refractivity contribution in [1.82, 2.24) is 0 Å². The van der Waals surface area contributed by atoms with Crippen LogP contribution < -0.4 is 10.1 Å². The number of hydrogen-bond donors (Lipinski definition) is 1. The summed E-state index contributed by atoms with van der Waals surface area (Å²) in [6, 6.07) is 14.8. The van der Waals surface area contributed by atoms with Crippen molar-refractivity contribution in [2.24, 2.45) is 0 Å². The highest BCUT2D eigenvalue weighted by Gasteiger charge is 2.12. The molecule has 2 aromatic rings. The van der Waals surface area contributed by atoms with Crippen molar-refractivity contribution in [3.05, 3.63) is 59.7 Å². The Kier molecular flexibility index (Phi) is 6.57. The third-order valence-electron chi connectivity index (χ3n) is 3.75. The summed E-state index contributed by atoms with van der Waals surface area (Å²) in [5, 5.41) is 2.71. The van der Waals surface area contributed by atoms with Crippen molar-refractivity contribution in [2.75, 3.05) is 19.0 Å². The summed E-state index contributed by atoms with van der Waals surface area (Å²) in [5.41, 5.74) is 2.59. The van der Waals surface area contributed by atoms with E-state index in [0.717, 1.165) is 5.56 Å². The van der Waals surface area contributed by atoms with E-state index in [2.05, 4.69) is 19.2 Å². The molecule has 2 rings (SSSR count). The average Bonchev–Trinajstić information content (AvgIpc) is 2.61. The number of amides is 1. The second-order valence-corrected chi connectivity index (χ2v) is 5.97. The number of carbonyl (C=O) groups is 2. The van der Waals surface area contributed by atoms with Crippen LogP contribution in [0.1, 0.15) is 30.9 Å². The second kappa shape index (κ2) is 8.87. The molecule has 0 aliphatic rings. The van der Waals surface area contributed by atoms with E-state index in [-0.39, 0.29) is 18.9 Å². The fourth-order valence-electron chi connectivity index (χ4n) is 2.35. The molecule has 0 aliphatic carbocycles. The highest BCUT2D eigenvalue weighted by Crippen LogP contribution is 2.18. The van der Waals surface area contributed by atoms with Crippen LogP contribution in [0.5, 0.6) is 5.75 Å². The molecule has 2 aromatic carbocycles. The summed E-state index contributed by atoms with van der Waals surface area (Å²) in [6.07, 6.45) is 0.0559. The van der Waals surface area contributed by atoms with Gasteiger partial charge in [-0.15, -0.1) is 0 Å². The maximum Gasteiger partial charge on any atom is 0.310 e. The van der Waals surface area contributed by atoms with Gasteiger partial charge in [0, 0.05) is 11.3 Å². The molecule has 0 saturated heterocycles. The lowest BCUT2D eigenvalue weighted by Gasteiger charge is -2.10. The first-order valence-electron chi connectivity index (χ1n) is 8.17. The van der Waals surface area contributed by atoms with Crippen molar-refractivity contribution in [3.63, 3.8) is 0 Å². The number of benzene rings is 2.